The molecule has 0 radical (unpaired) electrons. The third-order valence-electron chi connectivity index (χ3n) is 3.70. The lowest BCUT2D eigenvalue weighted by atomic mass is 10.1. The summed E-state index contributed by atoms with van der Waals surface area (Å²) in [5.74, 6) is -0.691. The molecule has 1 N–H and O–H groups in total. The van der Waals surface area contributed by atoms with E-state index in [1.54, 1.807) is 18.2 Å². The van der Waals surface area contributed by atoms with Crippen LogP contribution in [0.3, 0.4) is 0 Å². The number of carbonyl (C=O) groups excluding carboxylic acids is 2. The smallest absolute Gasteiger partial charge is 0.267 e. The predicted octanol–water partition coefficient (Wildman–Crippen LogP) is 3.85. The van der Waals surface area contributed by atoms with Gasteiger partial charge in [0.2, 0.25) is 0 Å². The molecule has 0 unspecified atom stereocenters. The molecule has 3 rings (SSSR count). The summed E-state index contributed by atoms with van der Waals surface area (Å²) in [6, 6.07) is 14.9. The van der Waals surface area contributed by atoms with Crippen LogP contribution in [0.4, 0.5) is 0 Å². The third kappa shape index (κ3) is 3.97. The van der Waals surface area contributed by atoms with Crippen molar-refractivity contribution < 1.29 is 9.59 Å². The molecule has 6 heteroatoms. The van der Waals surface area contributed by atoms with Crippen molar-refractivity contribution in [1.29, 1.82) is 0 Å². The van der Waals surface area contributed by atoms with E-state index >= 15 is 0 Å². The second-order valence-electron chi connectivity index (χ2n) is 5.73. The number of hydrogen-bond acceptors (Lipinski definition) is 4. The summed E-state index contributed by atoms with van der Waals surface area (Å²) in [6.45, 7) is 3.95. The van der Waals surface area contributed by atoms with Crippen molar-refractivity contribution in [2.24, 2.45) is 0 Å². The third-order valence-corrected chi connectivity index (χ3v) is 5.00. The highest BCUT2D eigenvalue weighted by Crippen LogP contribution is 2.31. The van der Waals surface area contributed by atoms with Gasteiger partial charge in [0.1, 0.15) is 0 Å². The summed E-state index contributed by atoms with van der Waals surface area (Å²) < 4.78 is 0.309. The Bertz CT molecular complexity index is 871. The monoisotopic (exact) mass is 368 g/mol. The van der Waals surface area contributed by atoms with Crippen LogP contribution in [0.25, 0.3) is 6.08 Å². The molecule has 0 aromatic heterocycles. The van der Waals surface area contributed by atoms with E-state index in [4.69, 9.17) is 12.2 Å². The van der Waals surface area contributed by atoms with Crippen molar-refractivity contribution in [3.8, 4) is 0 Å². The highest BCUT2D eigenvalue weighted by atomic mass is 32.2. The van der Waals surface area contributed by atoms with E-state index < -0.39 is 0 Å². The molecule has 4 nitrogen and oxygen atoms in total. The van der Waals surface area contributed by atoms with E-state index in [0.29, 0.717) is 14.8 Å². The van der Waals surface area contributed by atoms with E-state index in [1.807, 2.05) is 50.2 Å². The van der Waals surface area contributed by atoms with Gasteiger partial charge in [-0.05, 0) is 49.8 Å². The van der Waals surface area contributed by atoms with Gasteiger partial charge >= 0.3 is 0 Å². The Hall–Kier alpha value is -2.44. The molecule has 1 fully saturated rings. The molecule has 2 aromatic carbocycles. The molecule has 1 aliphatic rings. The Morgan fingerprint density at radius 3 is 2.20 bits per heavy atom. The molecule has 1 heterocycles. The zero-order valence-electron chi connectivity index (χ0n) is 13.8. The van der Waals surface area contributed by atoms with Crippen molar-refractivity contribution in [3.63, 3.8) is 0 Å². The molecule has 0 saturated carbocycles. The Labute approximate surface area is 155 Å². The van der Waals surface area contributed by atoms with Gasteiger partial charge in [-0.2, -0.15) is 5.01 Å². The minimum absolute atomic E-state index is 0.309. The number of benzene rings is 2. The van der Waals surface area contributed by atoms with Gasteiger partial charge in [-0.3, -0.25) is 15.0 Å². The largest absolute Gasteiger partial charge is 0.285 e. The first-order valence-corrected chi connectivity index (χ1v) is 8.89. The number of hydrogen-bond donors (Lipinski definition) is 1. The van der Waals surface area contributed by atoms with Crippen LogP contribution in [-0.2, 0) is 4.79 Å². The molecule has 2 aromatic rings. The van der Waals surface area contributed by atoms with E-state index in [1.165, 1.54) is 11.8 Å². The van der Waals surface area contributed by atoms with Crippen LogP contribution < -0.4 is 5.43 Å². The number of rotatable bonds is 3. The average molecular weight is 368 g/mol. The number of hydrazine groups is 1. The normalized spacial score (nSPS) is 15.8. The van der Waals surface area contributed by atoms with Gasteiger partial charge in [0.15, 0.2) is 4.32 Å². The molecule has 0 spiro atoms. The van der Waals surface area contributed by atoms with Crippen molar-refractivity contribution in [1.82, 2.24) is 10.4 Å². The van der Waals surface area contributed by atoms with Crippen molar-refractivity contribution in [2.45, 2.75) is 13.8 Å². The van der Waals surface area contributed by atoms with Crippen LogP contribution in [-0.4, -0.2) is 21.1 Å². The average Bonchev–Trinajstić information content (AvgIpc) is 2.85. The quantitative estimate of drug-likeness (QED) is 0.660. The molecule has 1 saturated heterocycles. The van der Waals surface area contributed by atoms with Crippen molar-refractivity contribution in [3.05, 3.63) is 75.7 Å². The molecule has 0 bridgehead atoms. The van der Waals surface area contributed by atoms with Gasteiger partial charge in [-0.15, -0.1) is 0 Å². The number of thiocarbonyl (C=S) groups is 1. The maximum atomic E-state index is 12.5. The Kier molecular flexibility index (Phi) is 5.01. The van der Waals surface area contributed by atoms with Crippen LogP contribution in [0.2, 0.25) is 0 Å². The fourth-order valence-corrected chi connectivity index (χ4v) is 3.43. The standard InChI is InChI=1S/C19H16N2O2S2/c1-12-3-7-14(8-4-12)11-16-18(23)21(19(24)25-16)20-17(22)15-9-5-13(2)6-10-15/h3-11H,1-2H3,(H,20,22). The lowest BCUT2D eigenvalue weighted by Crippen LogP contribution is -2.44. The van der Waals surface area contributed by atoms with Gasteiger partial charge in [0.05, 0.1) is 4.91 Å². The van der Waals surface area contributed by atoms with Crippen LogP contribution in [0, 0.1) is 13.8 Å². The first kappa shape index (κ1) is 17.4. The SMILES string of the molecule is Cc1ccc(C=C2SC(=S)N(NC(=O)c3ccc(C)cc3)C2=O)cc1. The number of nitrogens with zero attached hydrogens (tertiary/aromatic N) is 1. The maximum Gasteiger partial charge on any atom is 0.285 e. The molecule has 0 aliphatic carbocycles. The van der Waals surface area contributed by atoms with E-state index in [9.17, 15) is 9.59 Å². The highest BCUT2D eigenvalue weighted by molar-refractivity contribution is 8.26. The number of amides is 2. The van der Waals surface area contributed by atoms with Crippen LogP contribution in [0.5, 0.6) is 0 Å². The molecule has 0 atom stereocenters. The molecule has 2 amide bonds. The van der Waals surface area contributed by atoms with Crippen LogP contribution in [0.1, 0.15) is 27.0 Å². The van der Waals surface area contributed by atoms with Gasteiger partial charge in [-0.25, -0.2) is 0 Å². The molecular weight excluding hydrogens is 352 g/mol. The maximum absolute atomic E-state index is 12.5. The summed E-state index contributed by atoms with van der Waals surface area (Å²) in [4.78, 5) is 25.3. The second kappa shape index (κ2) is 7.21. The summed E-state index contributed by atoms with van der Waals surface area (Å²) in [5, 5.41) is 1.13. The Morgan fingerprint density at radius 2 is 1.60 bits per heavy atom. The van der Waals surface area contributed by atoms with Crippen LogP contribution in [0.15, 0.2) is 53.4 Å². The number of carbonyl (C=O) groups is 2. The zero-order valence-corrected chi connectivity index (χ0v) is 15.4. The minimum Gasteiger partial charge on any atom is -0.267 e. The summed E-state index contributed by atoms with van der Waals surface area (Å²) >= 11 is 6.41. The van der Waals surface area contributed by atoms with E-state index in [-0.39, 0.29) is 11.8 Å². The predicted molar refractivity (Wildman–Crippen MR) is 105 cm³/mol. The first-order chi connectivity index (χ1) is 11.9. The number of aryl methyl sites for hydroxylation is 2. The molecule has 126 valence electrons. The first-order valence-electron chi connectivity index (χ1n) is 7.66. The second-order valence-corrected chi connectivity index (χ2v) is 7.41. The summed E-state index contributed by atoms with van der Waals surface area (Å²) in [7, 11) is 0. The molecular formula is C19H16N2O2S2. The lowest BCUT2D eigenvalue weighted by molar-refractivity contribution is -0.123. The molecule has 25 heavy (non-hydrogen) atoms. The van der Waals surface area contributed by atoms with Gasteiger partial charge in [0.25, 0.3) is 11.8 Å². The lowest BCUT2D eigenvalue weighted by Gasteiger charge is -2.15. The van der Waals surface area contributed by atoms with Gasteiger partial charge in [-0.1, -0.05) is 59.3 Å². The highest BCUT2D eigenvalue weighted by Gasteiger charge is 2.33. The summed E-state index contributed by atoms with van der Waals surface area (Å²) in [6.07, 6.45) is 1.77. The van der Waals surface area contributed by atoms with Gasteiger partial charge in [0, 0.05) is 5.56 Å². The fourth-order valence-electron chi connectivity index (χ4n) is 2.25. The number of nitrogens with one attached hydrogen (secondary N) is 1. The van der Waals surface area contributed by atoms with E-state index in [0.717, 1.165) is 21.7 Å². The van der Waals surface area contributed by atoms with E-state index in [2.05, 4.69) is 5.43 Å². The number of thioether (sulfide) groups is 1. The minimum atomic E-state index is -0.368. The zero-order chi connectivity index (χ0) is 18.0. The molecule has 1 aliphatic heterocycles. The Morgan fingerprint density at radius 1 is 1.04 bits per heavy atom. The Balaban J connectivity index is 1.76. The van der Waals surface area contributed by atoms with Crippen molar-refractivity contribution >= 4 is 46.2 Å². The topological polar surface area (TPSA) is 49.4 Å². The van der Waals surface area contributed by atoms with Crippen molar-refractivity contribution in [2.75, 3.05) is 0 Å². The van der Waals surface area contributed by atoms with Gasteiger partial charge < -0.3 is 0 Å². The summed E-state index contributed by atoms with van der Waals surface area (Å²) in [5.41, 5.74) is 6.17. The van der Waals surface area contributed by atoms with Crippen LogP contribution >= 0.6 is 24.0 Å². The fraction of sp³-hybridized carbons (Fsp3) is 0.105.